The van der Waals surface area contributed by atoms with Gasteiger partial charge in [-0.25, -0.2) is 0 Å². The second kappa shape index (κ2) is 12.2. The SMILES string of the molecule is CC(CO)[C@@H](O[C@@H](O)[C@@H](O)C(O)[C@H](O)CCO)[C@H](O)[C@@H](O)[C@@H](O)S(=O)[O-]. The molecule has 13 heteroatoms. The maximum Gasteiger partial charge on any atom is 0.183 e. The first-order valence-electron chi connectivity index (χ1n) is 7.71. The summed E-state index contributed by atoms with van der Waals surface area (Å²) in [6, 6.07) is 0. The summed E-state index contributed by atoms with van der Waals surface area (Å²) in [6.07, 6.45) is -14.2. The van der Waals surface area contributed by atoms with Crippen molar-refractivity contribution in [2.45, 2.75) is 61.7 Å². The molecule has 0 heterocycles. The summed E-state index contributed by atoms with van der Waals surface area (Å²) >= 11 is -3.16. The van der Waals surface area contributed by atoms with Gasteiger partial charge in [0.25, 0.3) is 0 Å². The van der Waals surface area contributed by atoms with Crippen molar-refractivity contribution in [1.82, 2.24) is 0 Å². The van der Waals surface area contributed by atoms with Gasteiger partial charge in [-0.15, -0.1) is 0 Å². The number of hydrogen-bond donors (Lipinski definition) is 9. The van der Waals surface area contributed by atoms with Crippen molar-refractivity contribution >= 4 is 11.1 Å². The third-order valence-electron chi connectivity index (χ3n) is 3.78. The first kappa shape index (κ1) is 25.7. The Morgan fingerprint density at radius 2 is 1.46 bits per heavy atom. The maximum absolute atomic E-state index is 10.7. The van der Waals surface area contributed by atoms with Gasteiger partial charge in [0.1, 0.15) is 29.9 Å². The molecule has 9 N–H and O–H groups in total. The highest BCUT2D eigenvalue weighted by Crippen LogP contribution is 2.20. The van der Waals surface area contributed by atoms with Gasteiger partial charge in [-0.2, -0.15) is 0 Å². The van der Waals surface area contributed by atoms with Crippen LogP contribution in [-0.2, 0) is 15.8 Å². The molecule has 0 bridgehead atoms. The van der Waals surface area contributed by atoms with Crippen LogP contribution in [0.15, 0.2) is 0 Å². The fourth-order valence-electron chi connectivity index (χ4n) is 2.07. The average molecular weight is 407 g/mol. The van der Waals surface area contributed by atoms with E-state index in [1.54, 1.807) is 0 Å². The standard InChI is InChI=1S/C13H28O12S/c1-5(4-15)11(8(18)10(20)13(22)26(23)24)25-12(21)9(19)7(17)6(16)2-3-14/h5-22H,2-4H2,1H3,(H,23,24)/p-1/t5?,6-,7?,8-,9+,10-,11-,12-,13+/m1/s1. The van der Waals surface area contributed by atoms with Crippen LogP contribution in [0.4, 0.5) is 0 Å². The van der Waals surface area contributed by atoms with Crippen molar-refractivity contribution < 1.29 is 59.5 Å². The highest BCUT2D eigenvalue weighted by molar-refractivity contribution is 7.79. The summed E-state index contributed by atoms with van der Waals surface area (Å²) in [6.45, 7) is 0.127. The summed E-state index contributed by atoms with van der Waals surface area (Å²) in [5.41, 5.74) is -2.39. The van der Waals surface area contributed by atoms with Crippen LogP contribution in [0.3, 0.4) is 0 Å². The molecular formula is C13H27O12S-. The van der Waals surface area contributed by atoms with E-state index in [1.807, 2.05) is 0 Å². The summed E-state index contributed by atoms with van der Waals surface area (Å²) in [5.74, 6) is -1.01. The van der Waals surface area contributed by atoms with Crippen LogP contribution in [0.5, 0.6) is 0 Å². The Morgan fingerprint density at radius 3 is 1.88 bits per heavy atom. The van der Waals surface area contributed by atoms with Gasteiger partial charge in [0.2, 0.25) is 0 Å². The summed E-state index contributed by atoms with van der Waals surface area (Å²) in [5, 5.41) is 85.6. The van der Waals surface area contributed by atoms with E-state index in [-0.39, 0.29) is 6.42 Å². The van der Waals surface area contributed by atoms with Crippen molar-refractivity contribution in [3.63, 3.8) is 0 Å². The van der Waals surface area contributed by atoms with E-state index < -0.39 is 78.6 Å². The monoisotopic (exact) mass is 407 g/mol. The molecule has 0 aromatic rings. The number of rotatable bonds is 13. The van der Waals surface area contributed by atoms with E-state index >= 15 is 0 Å². The number of hydrogen-bond acceptors (Lipinski definition) is 12. The van der Waals surface area contributed by atoms with E-state index in [1.165, 1.54) is 6.92 Å². The average Bonchev–Trinajstić information content (AvgIpc) is 2.61. The van der Waals surface area contributed by atoms with Crippen LogP contribution in [0.1, 0.15) is 13.3 Å². The topological polar surface area (TPSA) is 231 Å². The smallest absolute Gasteiger partial charge is 0.183 e. The van der Waals surface area contributed by atoms with Crippen LogP contribution in [0, 0.1) is 5.92 Å². The lowest BCUT2D eigenvalue weighted by Crippen LogP contribution is -2.53. The van der Waals surface area contributed by atoms with Crippen LogP contribution in [0.25, 0.3) is 0 Å². The quantitative estimate of drug-likeness (QED) is 0.103. The maximum atomic E-state index is 10.7. The molecule has 0 aliphatic heterocycles. The molecule has 3 unspecified atom stereocenters. The zero-order chi connectivity index (χ0) is 20.6. The molecule has 26 heavy (non-hydrogen) atoms. The van der Waals surface area contributed by atoms with Gasteiger partial charge in [-0.1, -0.05) is 6.92 Å². The molecule has 0 radical (unpaired) electrons. The molecule has 12 nitrogen and oxygen atoms in total. The van der Waals surface area contributed by atoms with Gasteiger partial charge < -0.3 is 55.2 Å². The Kier molecular flexibility index (Phi) is 12.1. The predicted molar refractivity (Wildman–Crippen MR) is 83.8 cm³/mol. The second-order valence-electron chi connectivity index (χ2n) is 5.84. The molecule has 158 valence electrons. The molecule has 0 aromatic heterocycles. The Bertz CT molecular complexity index is 413. The minimum absolute atomic E-state index is 0.315. The minimum Gasteiger partial charge on any atom is -0.770 e. The predicted octanol–water partition coefficient (Wildman–Crippen LogP) is -5.30. The highest BCUT2D eigenvalue weighted by atomic mass is 32.2. The minimum atomic E-state index is -3.16. The van der Waals surface area contributed by atoms with E-state index in [9.17, 15) is 49.6 Å². The summed E-state index contributed by atoms with van der Waals surface area (Å²) in [4.78, 5) is 0. The molecule has 0 saturated carbocycles. The zero-order valence-corrected chi connectivity index (χ0v) is 14.8. The van der Waals surface area contributed by atoms with Gasteiger partial charge in [0.15, 0.2) is 6.29 Å². The lowest BCUT2D eigenvalue weighted by Gasteiger charge is -2.36. The van der Waals surface area contributed by atoms with Crippen molar-refractivity contribution in [1.29, 1.82) is 0 Å². The molecule has 0 saturated heterocycles. The lowest BCUT2D eigenvalue weighted by molar-refractivity contribution is -0.252. The Hall–Kier alpha value is -0.290. The molecule has 0 fully saturated rings. The summed E-state index contributed by atoms with van der Waals surface area (Å²) < 4.78 is 26.3. The zero-order valence-electron chi connectivity index (χ0n) is 14.0. The molecular weight excluding hydrogens is 380 g/mol. The molecule has 0 rings (SSSR count). The van der Waals surface area contributed by atoms with Gasteiger partial charge in [0, 0.05) is 19.1 Å². The normalized spacial score (nSPS) is 24.0. The highest BCUT2D eigenvalue weighted by Gasteiger charge is 2.39. The van der Waals surface area contributed by atoms with E-state index in [4.69, 9.17) is 9.84 Å². The van der Waals surface area contributed by atoms with Crippen molar-refractivity contribution in [2.75, 3.05) is 13.2 Å². The number of ether oxygens (including phenoxy) is 1. The largest absolute Gasteiger partial charge is 0.770 e. The third kappa shape index (κ3) is 7.38. The van der Waals surface area contributed by atoms with E-state index in [2.05, 4.69) is 0 Å². The Balaban J connectivity index is 5.18. The fourth-order valence-corrected chi connectivity index (χ4v) is 2.46. The molecule has 0 amide bonds. The first-order chi connectivity index (χ1) is 12.0. The van der Waals surface area contributed by atoms with E-state index in [0.29, 0.717) is 0 Å². The molecule has 0 aliphatic carbocycles. The van der Waals surface area contributed by atoms with Crippen LogP contribution in [0.2, 0.25) is 0 Å². The fraction of sp³-hybridized carbons (Fsp3) is 1.00. The van der Waals surface area contributed by atoms with E-state index in [0.717, 1.165) is 0 Å². The summed E-state index contributed by atoms with van der Waals surface area (Å²) in [7, 11) is 0. The Labute approximate surface area is 152 Å². The van der Waals surface area contributed by atoms with Crippen molar-refractivity contribution in [3.05, 3.63) is 0 Å². The third-order valence-corrected chi connectivity index (χ3v) is 4.46. The van der Waals surface area contributed by atoms with Crippen LogP contribution < -0.4 is 0 Å². The lowest BCUT2D eigenvalue weighted by atomic mass is 9.96. The van der Waals surface area contributed by atoms with Gasteiger partial charge in [0.05, 0.1) is 12.2 Å². The second-order valence-corrected chi connectivity index (χ2v) is 6.85. The van der Waals surface area contributed by atoms with Crippen molar-refractivity contribution in [2.24, 2.45) is 5.92 Å². The first-order valence-corrected chi connectivity index (χ1v) is 8.85. The van der Waals surface area contributed by atoms with Crippen molar-refractivity contribution in [3.8, 4) is 0 Å². The van der Waals surface area contributed by atoms with Gasteiger partial charge >= 0.3 is 0 Å². The number of aliphatic hydroxyl groups excluding tert-OH is 9. The molecule has 10 atom stereocenters. The van der Waals surface area contributed by atoms with Gasteiger partial charge in [-0.3, -0.25) is 4.21 Å². The van der Waals surface area contributed by atoms with Crippen LogP contribution in [-0.4, -0.2) is 116 Å². The molecule has 0 spiro atoms. The van der Waals surface area contributed by atoms with Crippen LogP contribution >= 0.6 is 0 Å². The number of aliphatic hydroxyl groups is 9. The molecule has 0 aromatic carbocycles. The Morgan fingerprint density at radius 1 is 0.923 bits per heavy atom. The van der Waals surface area contributed by atoms with Gasteiger partial charge in [-0.05, 0) is 17.5 Å². The molecule has 0 aliphatic rings.